The van der Waals surface area contributed by atoms with E-state index in [0.717, 1.165) is 19.3 Å². The van der Waals surface area contributed by atoms with Crippen LogP contribution in [-0.4, -0.2) is 42.7 Å². The highest BCUT2D eigenvalue weighted by Crippen LogP contribution is 2.11. The summed E-state index contributed by atoms with van der Waals surface area (Å²) in [6, 6.07) is 4.20. The molecule has 1 amide bonds. The zero-order valence-corrected chi connectivity index (χ0v) is 14.1. The molecule has 0 aliphatic rings. The first kappa shape index (κ1) is 19.1. The van der Waals surface area contributed by atoms with Crippen LogP contribution < -0.4 is 5.32 Å². The highest BCUT2D eigenvalue weighted by Gasteiger charge is 2.31. The third-order valence-electron chi connectivity index (χ3n) is 3.41. The number of rotatable bonds is 10. The molecule has 1 aromatic rings. The van der Waals surface area contributed by atoms with Crippen molar-refractivity contribution in [3.8, 4) is 0 Å². The molecule has 0 bridgehead atoms. The number of unbranched alkanes of at least 4 members (excludes halogenated alkanes) is 1. The first-order valence-electron chi connectivity index (χ1n) is 8.05. The van der Waals surface area contributed by atoms with E-state index < -0.39 is 24.0 Å². The Kier molecular flexibility index (Phi) is 8.90. The summed E-state index contributed by atoms with van der Waals surface area (Å²) < 4.78 is 10.6. The lowest BCUT2D eigenvalue weighted by atomic mass is 10.1. The molecule has 1 aromatic heterocycles. The molecule has 2 atom stereocenters. The van der Waals surface area contributed by atoms with E-state index in [1.54, 1.807) is 18.2 Å². The minimum atomic E-state index is -0.841. The highest BCUT2D eigenvalue weighted by molar-refractivity contribution is 5.95. The second-order valence-electron chi connectivity index (χ2n) is 5.24. The lowest BCUT2D eigenvalue weighted by molar-refractivity contribution is -0.147. The van der Waals surface area contributed by atoms with E-state index in [0.29, 0.717) is 13.0 Å². The van der Waals surface area contributed by atoms with E-state index in [1.165, 1.54) is 13.3 Å². The minimum Gasteiger partial charge on any atom is -0.467 e. The lowest BCUT2D eigenvalue weighted by Crippen LogP contribution is -2.50. The number of amides is 1. The van der Waals surface area contributed by atoms with Gasteiger partial charge < -0.3 is 14.8 Å². The molecule has 0 spiro atoms. The molecule has 23 heavy (non-hydrogen) atoms. The van der Waals surface area contributed by atoms with Crippen LogP contribution in [0.1, 0.15) is 50.0 Å². The van der Waals surface area contributed by atoms with Crippen LogP contribution in [0.2, 0.25) is 0 Å². The molecule has 0 saturated carbocycles. The van der Waals surface area contributed by atoms with E-state index >= 15 is 0 Å². The van der Waals surface area contributed by atoms with Gasteiger partial charge in [0.05, 0.1) is 13.2 Å². The number of ether oxygens (including phenoxy) is 2. The first-order valence-corrected chi connectivity index (χ1v) is 8.05. The number of esters is 1. The molecule has 0 fully saturated rings. The van der Waals surface area contributed by atoms with E-state index in [2.05, 4.69) is 17.2 Å². The quantitative estimate of drug-likeness (QED) is 0.528. The smallest absolute Gasteiger partial charge is 0.331 e. The molecule has 6 nitrogen and oxygen atoms in total. The Morgan fingerprint density at radius 2 is 2.04 bits per heavy atom. The van der Waals surface area contributed by atoms with Crippen LogP contribution in [0.15, 0.2) is 24.4 Å². The average Bonchev–Trinajstić information content (AvgIpc) is 2.59. The molecule has 0 radical (unpaired) electrons. The van der Waals surface area contributed by atoms with Gasteiger partial charge in [-0.1, -0.05) is 32.8 Å². The van der Waals surface area contributed by atoms with Gasteiger partial charge in [0.25, 0.3) is 5.91 Å². The molecule has 1 N–H and O–H groups in total. The molecule has 2 unspecified atom stereocenters. The molecule has 0 aromatic carbocycles. The third kappa shape index (κ3) is 6.36. The van der Waals surface area contributed by atoms with Crippen molar-refractivity contribution in [3.63, 3.8) is 0 Å². The van der Waals surface area contributed by atoms with Gasteiger partial charge in [0.1, 0.15) is 5.69 Å². The van der Waals surface area contributed by atoms with E-state index in [4.69, 9.17) is 9.47 Å². The van der Waals surface area contributed by atoms with E-state index in [9.17, 15) is 9.59 Å². The summed E-state index contributed by atoms with van der Waals surface area (Å²) in [6.45, 7) is 4.62. The first-order chi connectivity index (χ1) is 11.1. The van der Waals surface area contributed by atoms with Crippen LogP contribution in [0, 0.1) is 0 Å². The van der Waals surface area contributed by atoms with Crippen molar-refractivity contribution in [1.82, 2.24) is 10.3 Å². The summed E-state index contributed by atoms with van der Waals surface area (Å²) in [4.78, 5) is 28.4. The van der Waals surface area contributed by atoms with Gasteiger partial charge >= 0.3 is 5.97 Å². The van der Waals surface area contributed by atoms with Crippen molar-refractivity contribution in [2.75, 3.05) is 13.7 Å². The summed E-state index contributed by atoms with van der Waals surface area (Å²) >= 11 is 0. The van der Waals surface area contributed by atoms with Crippen molar-refractivity contribution < 1.29 is 19.1 Å². The summed E-state index contributed by atoms with van der Waals surface area (Å²) in [5.74, 6) is -0.926. The number of nitrogens with one attached hydrogen (secondary N) is 1. The molecular weight excluding hydrogens is 296 g/mol. The zero-order valence-electron chi connectivity index (χ0n) is 14.1. The van der Waals surface area contributed by atoms with Crippen LogP contribution in [0.3, 0.4) is 0 Å². The maximum Gasteiger partial charge on any atom is 0.331 e. The highest BCUT2D eigenvalue weighted by atomic mass is 16.5. The molecule has 1 rings (SSSR count). The van der Waals surface area contributed by atoms with Crippen LogP contribution in [-0.2, 0) is 14.3 Å². The molecule has 0 aliphatic carbocycles. The molecule has 128 valence electrons. The number of carbonyl (C=O) groups excluding carboxylic acids is 2. The van der Waals surface area contributed by atoms with Crippen molar-refractivity contribution >= 4 is 11.9 Å². The number of hydrogen-bond acceptors (Lipinski definition) is 5. The monoisotopic (exact) mass is 322 g/mol. The van der Waals surface area contributed by atoms with Crippen LogP contribution in [0.5, 0.6) is 0 Å². The summed E-state index contributed by atoms with van der Waals surface area (Å²) in [6.07, 6.45) is 4.52. The third-order valence-corrected chi connectivity index (χ3v) is 3.41. The van der Waals surface area contributed by atoms with Crippen molar-refractivity contribution in [3.05, 3.63) is 30.1 Å². The van der Waals surface area contributed by atoms with Gasteiger partial charge in [0.15, 0.2) is 6.04 Å². The van der Waals surface area contributed by atoms with Crippen LogP contribution >= 0.6 is 0 Å². The van der Waals surface area contributed by atoms with Crippen LogP contribution in [0.25, 0.3) is 0 Å². The molecule has 6 heteroatoms. The topological polar surface area (TPSA) is 77.5 Å². The van der Waals surface area contributed by atoms with Gasteiger partial charge in [-0.15, -0.1) is 0 Å². The van der Waals surface area contributed by atoms with Crippen molar-refractivity contribution in [2.45, 2.75) is 51.7 Å². The number of methoxy groups -OCH3 is 1. The number of nitrogens with zero attached hydrogens (tertiary/aromatic N) is 1. The Morgan fingerprint density at radius 3 is 2.61 bits per heavy atom. The normalized spacial score (nSPS) is 13.2. The summed E-state index contributed by atoms with van der Waals surface area (Å²) in [5, 5.41) is 2.69. The molecule has 0 saturated heterocycles. The van der Waals surface area contributed by atoms with Gasteiger partial charge in [-0.3, -0.25) is 9.78 Å². The van der Waals surface area contributed by atoms with Gasteiger partial charge in [0, 0.05) is 12.8 Å². The van der Waals surface area contributed by atoms with Gasteiger partial charge in [-0.2, -0.15) is 0 Å². The number of aromatic nitrogens is 1. The standard InChI is InChI=1S/C17H26N2O4/c1-4-6-12-23-14(9-5-2)15(17(21)22-3)19-16(20)13-10-7-8-11-18-13/h7-8,10-11,14-15H,4-6,9,12H2,1-3H3,(H,19,20). The second-order valence-corrected chi connectivity index (χ2v) is 5.24. The Labute approximate surface area is 137 Å². The largest absolute Gasteiger partial charge is 0.467 e. The van der Waals surface area contributed by atoms with E-state index in [1.807, 2.05) is 6.92 Å². The Morgan fingerprint density at radius 1 is 1.26 bits per heavy atom. The Bertz CT molecular complexity index is 479. The fourth-order valence-corrected chi connectivity index (χ4v) is 2.15. The fraction of sp³-hybridized carbons (Fsp3) is 0.588. The number of carbonyl (C=O) groups is 2. The van der Waals surface area contributed by atoms with Gasteiger partial charge in [0.2, 0.25) is 0 Å². The Hall–Kier alpha value is -1.95. The van der Waals surface area contributed by atoms with Crippen molar-refractivity contribution in [1.29, 1.82) is 0 Å². The second kappa shape index (κ2) is 10.7. The predicted molar refractivity (Wildman–Crippen MR) is 87.1 cm³/mol. The lowest BCUT2D eigenvalue weighted by Gasteiger charge is -2.26. The Balaban J connectivity index is 2.83. The SMILES string of the molecule is CCCCOC(CCC)C(NC(=O)c1ccccn1)C(=O)OC. The summed E-state index contributed by atoms with van der Waals surface area (Å²) in [7, 11) is 1.30. The number of hydrogen-bond donors (Lipinski definition) is 1. The molecule has 1 heterocycles. The van der Waals surface area contributed by atoms with E-state index in [-0.39, 0.29) is 5.69 Å². The van der Waals surface area contributed by atoms with Gasteiger partial charge in [-0.05, 0) is 25.0 Å². The maximum atomic E-state index is 12.3. The maximum absolute atomic E-state index is 12.3. The average molecular weight is 322 g/mol. The minimum absolute atomic E-state index is 0.255. The number of pyridine rings is 1. The summed E-state index contributed by atoms with van der Waals surface area (Å²) in [5.41, 5.74) is 0.255. The predicted octanol–water partition coefficient (Wildman–Crippen LogP) is 2.34. The molecular formula is C17H26N2O4. The fourth-order valence-electron chi connectivity index (χ4n) is 2.15. The van der Waals surface area contributed by atoms with Gasteiger partial charge in [-0.25, -0.2) is 4.79 Å². The van der Waals surface area contributed by atoms with Crippen LogP contribution in [0.4, 0.5) is 0 Å². The molecule has 0 aliphatic heterocycles. The van der Waals surface area contributed by atoms with Crippen molar-refractivity contribution in [2.24, 2.45) is 0 Å². The zero-order chi connectivity index (χ0) is 17.1.